The largest absolute Gasteiger partial charge is 0.303 e. The fraction of sp³-hybridized carbons (Fsp3) is 0.368. The van der Waals surface area contributed by atoms with E-state index in [0.717, 1.165) is 24.3 Å². The molecular weight excluding hydrogens is 278 g/mol. The van der Waals surface area contributed by atoms with Crippen LogP contribution in [0, 0.1) is 0 Å². The minimum Gasteiger partial charge on any atom is -0.303 e. The zero-order valence-corrected chi connectivity index (χ0v) is 13.9. The summed E-state index contributed by atoms with van der Waals surface area (Å²) in [6.45, 7) is 2.28. The molecule has 1 unspecified atom stereocenters. The fourth-order valence-electron chi connectivity index (χ4n) is 2.90. The van der Waals surface area contributed by atoms with Crippen molar-refractivity contribution in [3.05, 3.63) is 70.7 Å². The molecule has 1 atom stereocenters. The lowest BCUT2D eigenvalue weighted by Crippen LogP contribution is -2.47. The van der Waals surface area contributed by atoms with Crippen LogP contribution in [-0.4, -0.2) is 24.5 Å². The van der Waals surface area contributed by atoms with Crippen LogP contribution in [0.4, 0.5) is 0 Å². The van der Waals surface area contributed by atoms with Gasteiger partial charge in [0.1, 0.15) is 0 Å². The maximum Gasteiger partial charge on any atom is 0.0406 e. The van der Waals surface area contributed by atoms with Gasteiger partial charge in [0, 0.05) is 10.6 Å². The van der Waals surface area contributed by atoms with E-state index in [0.29, 0.717) is 0 Å². The summed E-state index contributed by atoms with van der Waals surface area (Å²) in [4.78, 5) is 2.37. The molecule has 2 heteroatoms. The Morgan fingerprint density at radius 1 is 0.857 bits per heavy atom. The second-order valence-corrected chi connectivity index (χ2v) is 6.37. The molecule has 0 saturated carbocycles. The molecule has 0 aromatic heterocycles. The normalized spacial score (nSPS) is 14.1. The molecule has 0 bridgehead atoms. The number of hydrogen-bond donors (Lipinski definition) is 0. The van der Waals surface area contributed by atoms with Gasteiger partial charge < -0.3 is 4.90 Å². The maximum absolute atomic E-state index is 6.00. The Bertz CT molecular complexity index is 548. The van der Waals surface area contributed by atoms with Gasteiger partial charge in [-0.3, -0.25) is 0 Å². The lowest BCUT2D eigenvalue weighted by atomic mass is 9.81. The van der Waals surface area contributed by atoms with Gasteiger partial charge in [0.25, 0.3) is 0 Å². The first-order valence-electron chi connectivity index (χ1n) is 7.51. The molecule has 0 spiro atoms. The van der Waals surface area contributed by atoms with Crippen molar-refractivity contribution in [1.29, 1.82) is 0 Å². The summed E-state index contributed by atoms with van der Waals surface area (Å²) in [5.41, 5.74) is 2.86. The quantitative estimate of drug-likeness (QED) is 0.738. The topological polar surface area (TPSA) is 3.24 Å². The second kappa shape index (κ2) is 7.11. The van der Waals surface area contributed by atoms with Crippen LogP contribution in [0.2, 0.25) is 5.02 Å². The highest BCUT2D eigenvalue weighted by atomic mass is 35.5. The SMILES string of the molecule is CCC(Cc1ccccc1)(Cc1ccc(Cl)cc1)N(C)C. The first kappa shape index (κ1) is 16.1. The Hall–Kier alpha value is -1.31. The molecule has 1 nitrogen and oxygen atoms in total. The average molecular weight is 302 g/mol. The van der Waals surface area contributed by atoms with Crippen LogP contribution < -0.4 is 0 Å². The summed E-state index contributed by atoms with van der Waals surface area (Å²) in [5, 5.41) is 0.800. The summed E-state index contributed by atoms with van der Waals surface area (Å²) in [6.07, 6.45) is 3.19. The average Bonchev–Trinajstić information content (AvgIpc) is 2.49. The van der Waals surface area contributed by atoms with Crippen LogP contribution in [0.3, 0.4) is 0 Å². The molecule has 2 aromatic rings. The number of rotatable bonds is 6. The Kier molecular flexibility index (Phi) is 5.44. The molecule has 0 fully saturated rings. The molecule has 2 rings (SSSR count). The van der Waals surface area contributed by atoms with Crippen molar-refractivity contribution in [2.45, 2.75) is 31.7 Å². The van der Waals surface area contributed by atoms with E-state index in [9.17, 15) is 0 Å². The van der Waals surface area contributed by atoms with Gasteiger partial charge in [0.05, 0.1) is 0 Å². The van der Waals surface area contributed by atoms with Gasteiger partial charge in [0.2, 0.25) is 0 Å². The number of nitrogens with zero attached hydrogens (tertiary/aromatic N) is 1. The summed E-state index contributed by atoms with van der Waals surface area (Å²) in [7, 11) is 4.37. The van der Waals surface area contributed by atoms with E-state index in [2.05, 4.69) is 68.4 Å². The Labute approximate surface area is 133 Å². The summed E-state index contributed by atoms with van der Waals surface area (Å²) >= 11 is 6.00. The summed E-state index contributed by atoms with van der Waals surface area (Å²) in [5.74, 6) is 0. The van der Waals surface area contributed by atoms with Crippen LogP contribution in [0.5, 0.6) is 0 Å². The van der Waals surface area contributed by atoms with E-state index in [1.807, 2.05) is 12.1 Å². The maximum atomic E-state index is 6.00. The highest BCUT2D eigenvalue weighted by molar-refractivity contribution is 6.30. The highest BCUT2D eigenvalue weighted by Crippen LogP contribution is 2.28. The number of halogens is 1. The lowest BCUT2D eigenvalue weighted by molar-refractivity contribution is 0.143. The van der Waals surface area contributed by atoms with Crippen molar-refractivity contribution >= 4 is 11.6 Å². The van der Waals surface area contributed by atoms with Crippen LogP contribution >= 0.6 is 11.6 Å². The summed E-state index contributed by atoms with van der Waals surface area (Å²) < 4.78 is 0. The third-order valence-corrected chi connectivity index (χ3v) is 4.68. The minimum atomic E-state index is 0.134. The van der Waals surface area contributed by atoms with Crippen molar-refractivity contribution in [1.82, 2.24) is 4.90 Å². The first-order valence-corrected chi connectivity index (χ1v) is 7.89. The van der Waals surface area contributed by atoms with Crippen LogP contribution in [0.15, 0.2) is 54.6 Å². The third kappa shape index (κ3) is 4.09. The molecule has 0 heterocycles. The zero-order chi connectivity index (χ0) is 15.3. The lowest BCUT2D eigenvalue weighted by Gasteiger charge is -2.40. The third-order valence-electron chi connectivity index (χ3n) is 4.43. The molecule has 0 radical (unpaired) electrons. The van der Waals surface area contributed by atoms with Crippen molar-refractivity contribution < 1.29 is 0 Å². The summed E-state index contributed by atoms with van der Waals surface area (Å²) in [6, 6.07) is 19.0. The molecule has 0 N–H and O–H groups in total. The van der Waals surface area contributed by atoms with E-state index >= 15 is 0 Å². The van der Waals surface area contributed by atoms with Crippen LogP contribution in [-0.2, 0) is 12.8 Å². The van der Waals surface area contributed by atoms with Crippen molar-refractivity contribution in [2.75, 3.05) is 14.1 Å². The van der Waals surface area contributed by atoms with Gasteiger partial charge in [-0.05, 0) is 56.6 Å². The standard InChI is InChI=1S/C19H24ClN/c1-4-19(21(2)3,14-16-8-6-5-7-9-16)15-17-10-12-18(20)13-11-17/h5-13H,4,14-15H2,1-3H3. The number of benzene rings is 2. The predicted octanol–water partition coefficient (Wildman–Crippen LogP) is 4.84. The van der Waals surface area contributed by atoms with Crippen molar-refractivity contribution in [3.8, 4) is 0 Å². The number of likely N-dealkylation sites (N-methyl/N-ethyl adjacent to an activating group) is 1. The van der Waals surface area contributed by atoms with Crippen molar-refractivity contribution in [2.24, 2.45) is 0 Å². The predicted molar refractivity (Wildman–Crippen MR) is 92.0 cm³/mol. The zero-order valence-electron chi connectivity index (χ0n) is 13.1. The molecular formula is C19H24ClN. The molecule has 21 heavy (non-hydrogen) atoms. The van der Waals surface area contributed by atoms with Gasteiger partial charge in [-0.25, -0.2) is 0 Å². The number of hydrogen-bond acceptors (Lipinski definition) is 1. The minimum absolute atomic E-state index is 0.134. The van der Waals surface area contributed by atoms with E-state index in [-0.39, 0.29) is 5.54 Å². The van der Waals surface area contributed by atoms with Gasteiger partial charge >= 0.3 is 0 Å². The van der Waals surface area contributed by atoms with Crippen LogP contribution in [0.25, 0.3) is 0 Å². The molecule has 0 amide bonds. The van der Waals surface area contributed by atoms with E-state index in [4.69, 9.17) is 11.6 Å². The van der Waals surface area contributed by atoms with E-state index < -0.39 is 0 Å². The Morgan fingerprint density at radius 3 is 1.86 bits per heavy atom. The van der Waals surface area contributed by atoms with E-state index in [1.165, 1.54) is 11.1 Å². The molecule has 0 aliphatic heterocycles. The molecule has 2 aromatic carbocycles. The van der Waals surface area contributed by atoms with Crippen LogP contribution in [0.1, 0.15) is 24.5 Å². The second-order valence-electron chi connectivity index (χ2n) is 5.94. The van der Waals surface area contributed by atoms with Gasteiger partial charge in [-0.15, -0.1) is 0 Å². The van der Waals surface area contributed by atoms with E-state index in [1.54, 1.807) is 0 Å². The molecule has 112 valence electrons. The van der Waals surface area contributed by atoms with Crippen molar-refractivity contribution in [3.63, 3.8) is 0 Å². The smallest absolute Gasteiger partial charge is 0.0406 e. The van der Waals surface area contributed by atoms with Gasteiger partial charge in [0.15, 0.2) is 0 Å². The Balaban J connectivity index is 2.26. The molecule has 0 aliphatic carbocycles. The first-order chi connectivity index (χ1) is 10.1. The monoisotopic (exact) mass is 301 g/mol. The van der Waals surface area contributed by atoms with Gasteiger partial charge in [-0.2, -0.15) is 0 Å². The molecule has 0 aliphatic rings. The molecule has 0 saturated heterocycles. The fourth-order valence-corrected chi connectivity index (χ4v) is 3.03. The van der Waals surface area contributed by atoms with Gasteiger partial charge in [-0.1, -0.05) is 61.0 Å². The highest BCUT2D eigenvalue weighted by Gasteiger charge is 2.31. The Morgan fingerprint density at radius 2 is 1.38 bits per heavy atom.